The summed E-state index contributed by atoms with van der Waals surface area (Å²) in [5.74, 6) is -0.0813. The molecule has 1 aliphatic rings. The maximum atomic E-state index is 14.1. The minimum absolute atomic E-state index is 0.111. The Balaban J connectivity index is 1.72. The van der Waals surface area contributed by atoms with Gasteiger partial charge < -0.3 is 20.1 Å². The lowest BCUT2D eigenvalue weighted by molar-refractivity contribution is -0.173. The Morgan fingerprint density at radius 3 is 2.51 bits per heavy atom. The number of amides is 1. The first-order chi connectivity index (χ1) is 16.5. The van der Waals surface area contributed by atoms with E-state index in [-0.39, 0.29) is 23.0 Å². The van der Waals surface area contributed by atoms with Crippen LogP contribution in [-0.2, 0) is 0 Å². The SMILES string of the molecule is COc1ccc([C@@H]2C[C@H](C(F)(F)F)n3nc(C(=O)Nc4cccc(C)c4Cl)c(Cl)c3N2)cc1OC. The number of aryl methyl sites for hydroxylation is 1. The van der Waals surface area contributed by atoms with E-state index in [9.17, 15) is 18.0 Å². The van der Waals surface area contributed by atoms with E-state index in [1.165, 1.54) is 14.2 Å². The number of ether oxygens (including phenoxy) is 2. The molecule has 1 amide bonds. The number of benzene rings is 2. The highest BCUT2D eigenvalue weighted by molar-refractivity contribution is 6.37. The molecule has 35 heavy (non-hydrogen) atoms. The van der Waals surface area contributed by atoms with E-state index in [4.69, 9.17) is 32.7 Å². The first-order valence-corrected chi connectivity index (χ1v) is 11.2. The van der Waals surface area contributed by atoms with E-state index in [2.05, 4.69) is 15.7 Å². The predicted molar refractivity (Wildman–Crippen MR) is 127 cm³/mol. The summed E-state index contributed by atoms with van der Waals surface area (Å²) in [4.78, 5) is 12.9. The van der Waals surface area contributed by atoms with Crippen LogP contribution in [0.25, 0.3) is 0 Å². The van der Waals surface area contributed by atoms with Crippen molar-refractivity contribution in [2.75, 3.05) is 24.9 Å². The quantitative estimate of drug-likeness (QED) is 0.399. The van der Waals surface area contributed by atoms with Crippen LogP contribution in [0.3, 0.4) is 0 Å². The number of hydrogen-bond donors (Lipinski definition) is 2. The molecule has 2 aromatic carbocycles. The van der Waals surface area contributed by atoms with Crippen molar-refractivity contribution >= 4 is 40.6 Å². The van der Waals surface area contributed by atoms with E-state index < -0.39 is 24.2 Å². The van der Waals surface area contributed by atoms with Crippen molar-refractivity contribution in [1.29, 1.82) is 0 Å². The molecule has 0 fully saturated rings. The zero-order valence-electron chi connectivity index (χ0n) is 18.8. The smallest absolute Gasteiger partial charge is 0.410 e. The molecule has 0 radical (unpaired) electrons. The first-order valence-electron chi connectivity index (χ1n) is 10.4. The van der Waals surface area contributed by atoms with Crippen molar-refractivity contribution in [3.05, 3.63) is 63.3 Å². The number of halogens is 5. The predicted octanol–water partition coefficient (Wildman–Crippen LogP) is 6.43. The minimum Gasteiger partial charge on any atom is -0.493 e. The van der Waals surface area contributed by atoms with Gasteiger partial charge in [-0.2, -0.15) is 18.3 Å². The van der Waals surface area contributed by atoms with Crippen LogP contribution in [0.1, 0.15) is 40.1 Å². The van der Waals surface area contributed by atoms with Crippen LogP contribution in [-0.4, -0.2) is 36.1 Å². The second-order valence-electron chi connectivity index (χ2n) is 7.95. The molecule has 2 heterocycles. The molecule has 4 rings (SSSR count). The monoisotopic (exact) mass is 528 g/mol. The van der Waals surface area contributed by atoms with Crippen molar-refractivity contribution in [1.82, 2.24) is 9.78 Å². The zero-order valence-corrected chi connectivity index (χ0v) is 20.3. The van der Waals surface area contributed by atoms with Gasteiger partial charge in [-0.3, -0.25) is 4.79 Å². The lowest BCUT2D eigenvalue weighted by Gasteiger charge is -2.33. The van der Waals surface area contributed by atoms with Gasteiger partial charge in [0.2, 0.25) is 0 Å². The van der Waals surface area contributed by atoms with Gasteiger partial charge in [-0.05, 0) is 36.2 Å². The number of anilines is 2. The van der Waals surface area contributed by atoms with Crippen LogP contribution in [0.5, 0.6) is 11.5 Å². The molecule has 12 heteroatoms. The number of carbonyl (C=O) groups is 1. The van der Waals surface area contributed by atoms with E-state index in [0.29, 0.717) is 32.5 Å². The third-order valence-corrected chi connectivity index (χ3v) is 6.62. The van der Waals surface area contributed by atoms with Crippen molar-refractivity contribution in [3.63, 3.8) is 0 Å². The Hall–Kier alpha value is -3.11. The molecular weight excluding hydrogens is 508 g/mol. The van der Waals surface area contributed by atoms with Crippen LogP contribution in [0.15, 0.2) is 36.4 Å². The normalized spacial score (nSPS) is 17.4. The number of rotatable bonds is 5. The largest absolute Gasteiger partial charge is 0.493 e. The number of nitrogens with zero attached hydrogens (tertiary/aromatic N) is 2. The third kappa shape index (κ3) is 4.72. The standard InChI is InChI=1S/C23H21Cl2F3N4O3/c1-11-5-4-6-13(18(11)24)30-22(33)20-19(25)21-29-14(10-17(23(26,27)28)32(21)31-20)12-7-8-15(34-2)16(9-12)35-3/h4-9,14,17,29H,10H2,1-3H3,(H,30,33)/t14-,17+/m0/s1. The third-order valence-electron chi connectivity index (χ3n) is 5.76. The molecule has 2 N–H and O–H groups in total. The Bertz CT molecular complexity index is 1280. The van der Waals surface area contributed by atoms with Crippen LogP contribution >= 0.6 is 23.2 Å². The molecular formula is C23H21Cl2F3N4O3. The van der Waals surface area contributed by atoms with E-state index in [0.717, 1.165) is 5.56 Å². The average molecular weight is 529 g/mol. The molecule has 1 aromatic heterocycles. The Kier molecular flexibility index (Phi) is 6.79. The molecule has 0 saturated heterocycles. The molecule has 0 bridgehead atoms. The lowest BCUT2D eigenvalue weighted by atomic mass is 9.96. The number of aromatic nitrogens is 2. The van der Waals surface area contributed by atoms with Crippen molar-refractivity contribution in [2.45, 2.75) is 31.6 Å². The number of methoxy groups -OCH3 is 2. The lowest BCUT2D eigenvalue weighted by Crippen LogP contribution is -2.35. The van der Waals surface area contributed by atoms with Gasteiger partial charge in [0.05, 0.1) is 31.0 Å². The van der Waals surface area contributed by atoms with Gasteiger partial charge in [0.15, 0.2) is 23.2 Å². The van der Waals surface area contributed by atoms with Crippen molar-refractivity contribution < 1.29 is 27.4 Å². The van der Waals surface area contributed by atoms with Crippen LogP contribution in [0, 0.1) is 6.92 Å². The van der Waals surface area contributed by atoms with Gasteiger partial charge in [0.1, 0.15) is 10.8 Å². The Morgan fingerprint density at radius 1 is 1.14 bits per heavy atom. The van der Waals surface area contributed by atoms with Crippen LogP contribution in [0.2, 0.25) is 10.0 Å². The topological polar surface area (TPSA) is 77.4 Å². The molecule has 7 nitrogen and oxygen atoms in total. The highest BCUT2D eigenvalue weighted by atomic mass is 35.5. The number of alkyl halides is 3. The number of nitrogens with one attached hydrogen (secondary N) is 2. The van der Waals surface area contributed by atoms with Gasteiger partial charge >= 0.3 is 6.18 Å². The average Bonchev–Trinajstić information content (AvgIpc) is 3.16. The van der Waals surface area contributed by atoms with Crippen LogP contribution in [0.4, 0.5) is 24.7 Å². The fourth-order valence-corrected chi connectivity index (χ4v) is 4.39. The second kappa shape index (κ2) is 9.50. The molecule has 0 unspecified atom stereocenters. The fraction of sp³-hybridized carbons (Fsp3) is 0.304. The molecule has 2 atom stereocenters. The maximum absolute atomic E-state index is 14.1. The fourth-order valence-electron chi connectivity index (χ4n) is 3.95. The summed E-state index contributed by atoms with van der Waals surface area (Å²) in [5, 5.41) is 9.58. The molecule has 3 aromatic rings. The second-order valence-corrected chi connectivity index (χ2v) is 8.71. The highest BCUT2D eigenvalue weighted by Crippen LogP contribution is 2.47. The Morgan fingerprint density at radius 2 is 1.86 bits per heavy atom. The molecule has 0 saturated carbocycles. The molecule has 0 spiro atoms. The van der Waals surface area contributed by atoms with Crippen LogP contribution < -0.4 is 20.1 Å². The summed E-state index contributed by atoms with van der Waals surface area (Å²) < 4.78 is 53.4. The Labute approximate surface area is 209 Å². The van der Waals surface area contributed by atoms with E-state index >= 15 is 0 Å². The summed E-state index contributed by atoms with van der Waals surface area (Å²) in [6.07, 6.45) is -5.02. The van der Waals surface area contributed by atoms with Crippen molar-refractivity contribution in [2.24, 2.45) is 0 Å². The van der Waals surface area contributed by atoms with Gasteiger partial charge in [0.25, 0.3) is 5.91 Å². The summed E-state index contributed by atoms with van der Waals surface area (Å²) in [6, 6.07) is 7.05. The molecule has 1 aliphatic heterocycles. The summed E-state index contributed by atoms with van der Waals surface area (Å²) in [5.41, 5.74) is 1.19. The van der Waals surface area contributed by atoms with Gasteiger partial charge in [-0.15, -0.1) is 0 Å². The van der Waals surface area contributed by atoms with Gasteiger partial charge in [0, 0.05) is 6.42 Å². The highest BCUT2D eigenvalue weighted by Gasteiger charge is 2.48. The maximum Gasteiger partial charge on any atom is 0.410 e. The minimum atomic E-state index is -4.64. The zero-order chi connectivity index (χ0) is 25.5. The first kappa shape index (κ1) is 25.0. The summed E-state index contributed by atoms with van der Waals surface area (Å²) in [7, 11) is 2.90. The van der Waals surface area contributed by atoms with E-state index in [1.54, 1.807) is 43.3 Å². The number of fused-ring (bicyclic) bond motifs is 1. The summed E-state index contributed by atoms with van der Waals surface area (Å²) in [6.45, 7) is 1.76. The van der Waals surface area contributed by atoms with Gasteiger partial charge in [-0.1, -0.05) is 41.4 Å². The molecule has 186 valence electrons. The van der Waals surface area contributed by atoms with Gasteiger partial charge in [-0.25, -0.2) is 4.68 Å². The van der Waals surface area contributed by atoms with Crippen molar-refractivity contribution in [3.8, 4) is 11.5 Å². The number of carbonyl (C=O) groups excluding carboxylic acids is 1. The van der Waals surface area contributed by atoms with E-state index in [1.807, 2.05) is 0 Å². The number of hydrogen-bond acceptors (Lipinski definition) is 5. The molecule has 0 aliphatic carbocycles. The summed E-state index contributed by atoms with van der Waals surface area (Å²) >= 11 is 12.6.